The Labute approximate surface area is 71.8 Å². The molecule has 0 atom stereocenters. The Balaban J connectivity index is 2.79. The Morgan fingerprint density at radius 3 is 2.42 bits per heavy atom. The molecule has 2 aromatic carbocycles. The molecule has 2 N–H and O–H groups in total. The molecule has 0 spiro atoms. The van der Waals surface area contributed by atoms with Gasteiger partial charge in [-0.05, 0) is 29.8 Å². The third-order valence-corrected chi connectivity index (χ3v) is 2.02. The third-order valence-electron chi connectivity index (χ3n) is 2.02. The van der Waals surface area contributed by atoms with Crippen molar-refractivity contribution in [3.63, 3.8) is 0 Å². The maximum atomic E-state index is 5.66. The molecule has 0 saturated heterocycles. The van der Waals surface area contributed by atoms with Crippen LogP contribution < -0.4 is 5.73 Å². The van der Waals surface area contributed by atoms with Gasteiger partial charge in [0.05, 0.1) is 0 Å². The van der Waals surface area contributed by atoms with E-state index in [1.165, 1.54) is 16.3 Å². The van der Waals surface area contributed by atoms with Crippen LogP contribution in [0.5, 0.6) is 0 Å². The molecule has 1 heteroatoms. The number of aryl methyl sites for hydroxylation is 1. The zero-order valence-electron chi connectivity index (χ0n) is 7.04. The molecule has 0 heterocycles. The van der Waals surface area contributed by atoms with Gasteiger partial charge in [-0.15, -0.1) is 0 Å². The normalized spacial score (nSPS) is 10.4. The summed E-state index contributed by atoms with van der Waals surface area (Å²) in [4.78, 5) is 0. The standard InChI is InChI=1S/C11H11N/c1-8-2-3-10-7-11(12)5-4-9(10)6-8/h2-7H,12H2,1H3. The lowest BCUT2D eigenvalue weighted by Gasteiger charge is -1.99. The van der Waals surface area contributed by atoms with Crippen molar-refractivity contribution in [2.75, 3.05) is 5.73 Å². The third kappa shape index (κ3) is 1.14. The molecule has 0 fully saturated rings. The fourth-order valence-electron chi connectivity index (χ4n) is 1.38. The summed E-state index contributed by atoms with van der Waals surface area (Å²) >= 11 is 0. The van der Waals surface area contributed by atoms with E-state index in [0.717, 1.165) is 5.69 Å². The van der Waals surface area contributed by atoms with E-state index in [1.54, 1.807) is 0 Å². The van der Waals surface area contributed by atoms with Crippen molar-refractivity contribution < 1.29 is 0 Å². The number of hydrogen-bond donors (Lipinski definition) is 1. The second-order valence-electron chi connectivity index (χ2n) is 3.11. The van der Waals surface area contributed by atoms with Crippen LogP contribution in [-0.2, 0) is 0 Å². The van der Waals surface area contributed by atoms with Gasteiger partial charge in [0.2, 0.25) is 0 Å². The summed E-state index contributed by atoms with van der Waals surface area (Å²) in [6.45, 7) is 2.09. The van der Waals surface area contributed by atoms with E-state index >= 15 is 0 Å². The van der Waals surface area contributed by atoms with Crippen molar-refractivity contribution in [2.24, 2.45) is 0 Å². The predicted molar refractivity (Wildman–Crippen MR) is 53.1 cm³/mol. The number of fused-ring (bicyclic) bond motifs is 1. The highest BCUT2D eigenvalue weighted by molar-refractivity contribution is 5.85. The molecule has 0 unspecified atom stereocenters. The predicted octanol–water partition coefficient (Wildman–Crippen LogP) is 2.73. The summed E-state index contributed by atoms with van der Waals surface area (Å²) in [7, 11) is 0. The molecule has 60 valence electrons. The van der Waals surface area contributed by atoms with Crippen molar-refractivity contribution in [1.29, 1.82) is 0 Å². The monoisotopic (exact) mass is 157 g/mol. The van der Waals surface area contributed by atoms with Gasteiger partial charge in [0.1, 0.15) is 0 Å². The molecule has 0 aliphatic carbocycles. The fraction of sp³-hybridized carbons (Fsp3) is 0.0909. The van der Waals surface area contributed by atoms with E-state index < -0.39 is 0 Å². The summed E-state index contributed by atoms with van der Waals surface area (Å²) in [6.07, 6.45) is 0. The Hall–Kier alpha value is -1.50. The van der Waals surface area contributed by atoms with Crippen LogP contribution in [0.4, 0.5) is 5.69 Å². The quantitative estimate of drug-likeness (QED) is 0.584. The Morgan fingerprint density at radius 1 is 0.917 bits per heavy atom. The van der Waals surface area contributed by atoms with Crippen molar-refractivity contribution in [2.45, 2.75) is 6.92 Å². The second-order valence-corrected chi connectivity index (χ2v) is 3.11. The minimum atomic E-state index is 0.825. The molecular formula is C11H11N. The van der Waals surface area contributed by atoms with E-state index in [4.69, 9.17) is 5.73 Å². The lowest BCUT2D eigenvalue weighted by molar-refractivity contribution is 1.51. The maximum absolute atomic E-state index is 5.66. The highest BCUT2D eigenvalue weighted by atomic mass is 14.5. The molecule has 0 aliphatic rings. The molecule has 0 radical (unpaired) electrons. The number of anilines is 1. The first-order valence-corrected chi connectivity index (χ1v) is 4.01. The Kier molecular flexibility index (Phi) is 1.51. The second kappa shape index (κ2) is 2.52. The highest BCUT2D eigenvalue weighted by Gasteiger charge is 1.93. The van der Waals surface area contributed by atoms with Crippen molar-refractivity contribution in [3.05, 3.63) is 42.0 Å². The van der Waals surface area contributed by atoms with Gasteiger partial charge in [0.25, 0.3) is 0 Å². The first-order valence-electron chi connectivity index (χ1n) is 4.01. The van der Waals surface area contributed by atoms with Crippen LogP contribution in [0.3, 0.4) is 0 Å². The minimum Gasteiger partial charge on any atom is -0.399 e. The van der Waals surface area contributed by atoms with Crippen LogP contribution in [-0.4, -0.2) is 0 Å². The van der Waals surface area contributed by atoms with Crippen LogP contribution in [0, 0.1) is 6.92 Å². The van der Waals surface area contributed by atoms with Crippen LogP contribution in [0.15, 0.2) is 36.4 Å². The number of rotatable bonds is 0. The zero-order chi connectivity index (χ0) is 8.55. The maximum Gasteiger partial charge on any atom is 0.0320 e. The van der Waals surface area contributed by atoms with Crippen molar-refractivity contribution in [3.8, 4) is 0 Å². The van der Waals surface area contributed by atoms with Gasteiger partial charge in [-0.25, -0.2) is 0 Å². The molecule has 0 bridgehead atoms. The summed E-state index contributed by atoms with van der Waals surface area (Å²) < 4.78 is 0. The molecule has 0 aromatic heterocycles. The van der Waals surface area contributed by atoms with Gasteiger partial charge in [-0.3, -0.25) is 0 Å². The first-order chi connectivity index (χ1) is 5.75. The zero-order valence-corrected chi connectivity index (χ0v) is 7.04. The minimum absolute atomic E-state index is 0.825. The van der Waals surface area contributed by atoms with E-state index in [0.29, 0.717) is 0 Å². The lowest BCUT2D eigenvalue weighted by atomic mass is 10.1. The summed E-state index contributed by atoms with van der Waals surface area (Å²) in [5.74, 6) is 0. The van der Waals surface area contributed by atoms with Gasteiger partial charge in [0, 0.05) is 5.69 Å². The Morgan fingerprint density at radius 2 is 1.58 bits per heavy atom. The van der Waals surface area contributed by atoms with Crippen LogP contribution in [0.1, 0.15) is 5.56 Å². The summed E-state index contributed by atoms with van der Waals surface area (Å²) in [6, 6.07) is 12.3. The molecule has 1 nitrogen and oxygen atoms in total. The lowest BCUT2D eigenvalue weighted by Crippen LogP contribution is -1.83. The van der Waals surface area contributed by atoms with Crippen molar-refractivity contribution >= 4 is 16.5 Å². The van der Waals surface area contributed by atoms with E-state index in [-0.39, 0.29) is 0 Å². The van der Waals surface area contributed by atoms with E-state index in [2.05, 4.69) is 31.2 Å². The molecule has 0 aliphatic heterocycles. The average Bonchev–Trinajstić information content (AvgIpc) is 2.05. The molecule has 0 amide bonds. The number of hydrogen-bond acceptors (Lipinski definition) is 1. The molecule has 0 saturated carbocycles. The van der Waals surface area contributed by atoms with E-state index in [1.807, 2.05) is 12.1 Å². The van der Waals surface area contributed by atoms with Crippen molar-refractivity contribution in [1.82, 2.24) is 0 Å². The summed E-state index contributed by atoms with van der Waals surface area (Å²) in [5.41, 5.74) is 7.77. The molecule has 12 heavy (non-hydrogen) atoms. The van der Waals surface area contributed by atoms with Gasteiger partial charge in [-0.2, -0.15) is 0 Å². The molecule has 2 aromatic rings. The topological polar surface area (TPSA) is 26.0 Å². The molecular weight excluding hydrogens is 146 g/mol. The SMILES string of the molecule is Cc1ccc2cc(N)ccc2c1. The van der Waals surface area contributed by atoms with Crippen LogP contribution in [0.25, 0.3) is 10.8 Å². The first kappa shape index (κ1) is 7.17. The largest absolute Gasteiger partial charge is 0.399 e. The van der Waals surface area contributed by atoms with Gasteiger partial charge in [-0.1, -0.05) is 29.8 Å². The van der Waals surface area contributed by atoms with Gasteiger partial charge >= 0.3 is 0 Å². The van der Waals surface area contributed by atoms with E-state index in [9.17, 15) is 0 Å². The van der Waals surface area contributed by atoms with Gasteiger partial charge < -0.3 is 5.73 Å². The molecule has 2 rings (SSSR count). The highest BCUT2D eigenvalue weighted by Crippen LogP contribution is 2.18. The van der Waals surface area contributed by atoms with Crippen LogP contribution in [0.2, 0.25) is 0 Å². The fourth-order valence-corrected chi connectivity index (χ4v) is 1.38. The Bertz CT molecular complexity index is 377. The van der Waals surface area contributed by atoms with Crippen LogP contribution >= 0.6 is 0 Å². The average molecular weight is 157 g/mol. The summed E-state index contributed by atoms with van der Waals surface area (Å²) in [5, 5.41) is 2.46. The van der Waals surface area contributed by atoms with Gasteiger partial charge in [0.15, 0.2) is 0 Å². The number of nitrogens with two attached hydrogens (primary N) is 1. The number of nitrogen functional groups attached to an aromatic ring is 1. The number of benzene rings is 2. The smallest absolute Gasteiger partial charge is 0.0320 e.